The summed E-state index contributed by atoms with van der Waals surface area (Å²) in [6.07, 6.45) is 3.41. The Morgan fingerprint density at radius 3 is 2.64 bits per heavy atom. The molecule has 0 heterocycles. The van der Waals surface area contributed by atoms with Gasteiger partial charge in [-0.15, -0.1) is 0 Å². The molecule has 1 N–H and O–H groups in total. The maximum absolute atomic E-state index is 8.71. The third-order valence-corrected chi connectivity index (χ3v) is 1.75. The Morgan fingerprint density at radius 1 is 1.36 bits per heavy atom. The highest BCUT2D eigenvalue weighted by Crippen LogP contribution is 2.06. The van der Waals surface area contributed by atoms with Crippen LogP contribution in [0, 0.1) is 5.92 Å². The van der Waals surface area contributed by atoms with Crippen LogP contribution in [-0.4, -0.2) is 24.9 Å². The van der Waals surface area contributed by atoms with Crippen LogP contribution in [0.5, 0.6) is 0 Å². The third kappa shape index (κ3) is 7.82. The summed E-state index contributed by atoms with van der Waals surface area (Å²) in [6.45, 7) is 6.08. The molecule has 11 heavy (non-hydrogen) atoms. The number of unbranched alkanes of at least 4 members (excludes halogenated alkanes) is 1. The minimum absolute atomic E-state index is 0.314. The van der Waals surface area contributed by atoms with Crippen LogP contribution in [0.25, 0.3) is 0 Å². The van der Waals surface area contributed by atoms with Crippen molar-refractivity contribution in [2.45, 2.75) is 33.1 Å². The third-order valence-electron chi connectivity index (χ3n) is 1.75. The van der Waals surface area contributed by atoms with E-state index in [0.717, 1.165) is 26.1 Å². The van der Waals surface area contributed by atoms with Crippen molar-refractivity contribution in [3.8, 4) is 0 Å². The molecule has 0 aliphatic heterocycles. The summed E-state index contributed by atoms with van der Waals surface area (Å²) in [6, 6.07) is 0. The summed E-state index contributed by atoms with van der Waals surface area (Å²) in [5.74, 6) is 0.455. The van der Waals surface area contributed by atoms with E-state index in [-0.39, 0.29) is 0 Å². The number of ether oxygens (including phenoxy) is 1. The Morgan fingerprint density at radius 2 is 2.09 bits per heavy atom. The molecule has 0 spiro atoms. The van der Waals surface area contributed by atoms with Gasteiger partial charge in [0.25, 0.3) is 0 Å². The molecule has 0 aliphatic rings. The molecular weight excluding hydrogens is 140 g/mol. The minimum atomic E-state index is 0.314. The van der Waals surface area contributed by atoms with Gasteiger partial charge < -0.3 is 9.84 Å². The first-order chi connectivity index (χ1) is 5.31. The van der Waals surface area contributed by atoms with E-state index in [2.05, 4.69) is 6.92 Å². The van der Waals surface area contributed by atoms with Gasteiger partial charge in [-0.2, -0.15) is 0 Å². The summed E-state index contributed by atoms with van der Waals surface area (Å²) in [5, 5.41) is 8.71. The molecule has 0 aromatic heterocycles. The molecule has 2 heteroatoms. The first kappa shape index (κ1) is 10.9. The summed E-state index contributed by atoms with van der Waals surface area (Å²) in [5.41, 5.74) is 0. The highest BCUT2D eigenvalue weighted by molar-refractivity contribution is 4.50. The predicted octanol–water partition coefficient (Wildman–Crippen LogP) is 1.82. The fraction of sp³-hybridized carbons (Fsp3) is 1.00. The highest BCUT2D eigenvalue weighted by Gasteiger charge is 1.98. The SMILES string of the molecule is CCOCCCCC(C)CO. The predicted molar refractivity (Wildman–Crippen MR) is 46.6 cm³/mol. The molecule has 0 aromatic rings. The second-order valence-corrected chi connectivity index (χ2v) is 2.98. The van der Waals surface area contributed by atoms with Gasteiger partial charge in [0.15, 0.2) is 0 Å². The van der Waals surface area contributed by atoms with Crippen LogP contribution in [0.2, 0.25) is 0 Å². The van der Waals surface area contributed by atoms with Crippen LogP contribution in [0.3, 0.4) is 0 Å². The topological polar surface area (TPSA) is 29.5 Å². The molecule has 1 atom stereocenters. The van der Waals surface area contributed by atoms with Crippen LogP contribution in [0.4, 0.5) is 0 Å². The van der Waals surface area contributed by atoms with Crippen molar-refractivity contribution in [1.29, 1.82) is 0 Å². The fourth-order valence-corrected chi connectivity index (χ4v) is 0.933. The van der Waals surface area contributed by atoms with E-state index in [0.29, 0.717) is 12.5 Å². The zero-order chi connectivity index (χ0) is 8.53. The monoisotopic (exact) mass is 160 g/mol. The van der Waals surface area contributed by atoms with Crippen molar-refractivity contribution < 1.29 is 9.84 Å². The van der Waals surface area contributed by atoms with Crippen LogP contribution >= 0.6 is 0 Å². The van der Waals surface area contributed by atoms with E-state index < -0.39 is 0 Å². The second-order valence-electron chi connectivity index (χ2n) is 2.98. The maximum Gasteiger partial charge on any atom is 0.0465 e. The Balaban J connectivity index is 2.89. The van der Waals surface area contributed by atoms with Crippen molar-refractivity contribution in [3.63, 3.8) is 0 Å². The molecular formula is C9H20O2. The number of aliphatic hydroxyl groups excluding tert-OH is 1. The first-order valence-corrected chi connectivity index (χ1v) is 4.49. The Hall–Kier alpha value is -0.0800. The van der Waals surface area contributed by atoms with Crippen LogP contribution in [0.15, 0.2) is 0 Å². The lowest BCUT2D eigenvalue weighted by molar-refractivity contribution is 0.140. The van der Waals surface area contributed by atoms with Crippen molar-refractivity contribution in [3.05, 3.63) is 0 Å². The maximum atomic E-state index is 8.71. The summed E-state index contributed by atoms with van der Waals surface area (Å²) in [7, 11) is 0. The zero-order valence-electron chi connectivity index (χ0n) is 7.68. The molecule has 2 nitrogen and oxygen atoms in total. The van der Waals surface area contributed by atoms with Gasteiger partial charge in [0.2, 0.25) is 0 Å². The standard InChI is InChI=1S/C9H20O2/c1-3-11-7-5-4-6-9(2)8-10/h9-10H,3-8H2,1-2H3. The fourth-order valence-electron chi connectivity index (χ4n) is 0.933. The molecule has 0 saturated carbocycles. The average Bonchev–Trinajstić information content (AvgIpc) is 2.04. The molecule has 0 fully saturated rings. The summed E-state index contributed by atoms with van der Waals surface area (Å²) < 4.78 is 5.19. The Bertz CT molecular complexity index is 74.0. The van der Waals surface area contributed by atoms with E-state index in [1.54, 1.807) is 0 Å². The lowest BCUT2D eigenvalue weighted by atomic mass is 10.1. The van der Waals surface area contributed by atoms with Gasteiger partial charge in [0.1, 0.15) is 0 Å². The lowest BCUT2D eigenvalue weighted by Gasteiger charge is -2.06. The van der Waals surface area contributed by atoms with Crippen LogP contribution in [-0.2, 0) is 4.74 Å². The van der Waals surface area contributed by atoms with Crippen LogP contribution in [0.1, 0.15) is 33.1 Å². The molecule has 0 amide bonds. The zero-order valence-corrected chi connectivity index (χ0v) is 7.68. The van der Waals surface area contributed by atoms with Gasteiger partial charge >= 0.3 is 0 Å². The van der Waals surface area contributed by atoms with E-state index in [1.807, 2.05) is 6.92 Å². The van der Waals surface area contributed by atoms with Crippen molar-refractivity contribution in [1.82, 2.24) is 0 Å². The number of hydrogen-bond donors (Lipinski definition) is 1. The van der Waals surface area contributed by atoms with Gasteiger partial charge in [-0.1, -0.05) is 13.3 Å². The van der Waals surface area contributed by atoms with Gasteiger partial charge in [-0.3, -0.25) is 0 Å². The average molecular weight is 160 g/mol. The second kappa shape index (κ2) is 8.02. The number of aliphatic hydroxyl groups is 1. The smallest absolute Gasteiger partial charge is 0.0465 e. The van der Waals surface area contributed by atoms with Gasteiger partial charge in [-0.05, 0) is 25.7 Å². The number of hydrogen-bond acceptors (Lipinski definition) is 2. The van der Waals surface area contributed by atoms with Gasteiger partial charge in [0, 0.05) is 19.8 Å². The van der Waals surface area contributed by atoms with Crippen molar-refractivity contribution in [2.75, 3.05) is 19.8 Å². The molecule has 68 valence electrons. The van der Waals surface area contributed by atoms with E-state index in [1.165, 1.54) is 6.42 Å². The Kier molecular flexibility index (Phi) is 7.96. The summed E-state index contributed by atoms with van der Waals surface area (Å²) in [4.78, 5) is 0. The van der Waals surface area contributed by atoms with Gasteiger partial charge in [0.05, 0.1) is 0 Å². The van der Waals surface area contributed by atoms with E-state index >= 15 is 0 Å². The minimum Gasteiger partial charge on any atom is -0.396 e. The first-order valence-electron chi connectivity index (χ1n) is 4.49. The molecule has 0 rings (SSSR count). The quantitative estimate of drug-likeness (QED) is 0.576. The van der Waals surface area contributed by atoms with Gasteiger partial charge in [-0.25, -0.2) is 0 Å². The van der Waals surface area contributed by atoms with Crippen LogP contribution < -0.4 is 0 Å². The largest absolute Gasteiger partial charge is 0.396 e. The van der Waals surface area contributed by atoms with E-state index in [4.69, 9.17) is 9.84 Å². The molecule has 0 bridgehead atoms. The molecule has 0 aliphatic carbocycles. The Labute approximate surface area is 69.6 Å². The molecule has 0 saturated heterocycles. The van der Waals surface area contributed by atoms with Crippen molar-refractivity contribution in [2.24, 2.45) is 5.92 Å². The molecule has 0 radical (unpaired) electrons. The molecule has 0 aromatic carbocycles. The number of rotatable bonds is 7. The van der Waals surface area contributed by atoms with Crippen molar-refractivity contribution >= 4 is 0 Å². The van der Waals surface area contributed by atoms with E-state index in [9.17, 15) is 0 Å². The highest BCUT2D eigenvalue weighted by atomic mass is 16.5. The lowest BCUT2D eigenvalue weighted by Crippen LogP contribution is -2.01. The summed E-state index contributed by atoms with van der Waals surface area (Å²) >= 11 is 0. The normalized spacial score (nSPS) is 13.4. The molecule has 1 unspecified atom stereocenters.